The Kier molecular flexibility index (Phi) is 4.55. The molecular formula is C17H25N3O3. The molecule has 6 heteroatoms. The van der Waals surface area contributed by atoms with Gasteiger partial charge in [0.25, 0.3) is 5.91 Å². The predicted molar refractivity (Wildman–Crippen MR) is 87.6 cm³/mol. The molecule has 0 spiro atoms. The number of anilines is 1. The summed E-state index contributed by atoms with van der Waals surface area (Å²) in [5, 5.41) is 10.5. The van der Waals surface area contributed by atoms with Crippen molar-refractivity contribution in [2.24, 2.45) is 0 Å². The normalized spacial score (nSPS) is 22.4. The lowest BCUT2D eigenvalue weighted by atomic mass is 10.0. The lowest BCUT2D eigenvalue weighted by molar-refractivity contribution is -0.133. The number of fused-ring (bicyclic) bond motifs is 1. The molecule has 23 heavy (non-hydrogen) atoms. The highest BCUT2D eigenvalue weighted by molar-refractivity contribution is 6.01. The largest absolute Gasteiger partial charge is 0.474 e. The van der Waals surface area contributed by atoms with Crippen LogP contribution in [0.15, 0.2) is 18.3 Å². The Balaban J connectivity index is 1.73. The van der Waals surface area contributed by atoms with Crippen LogP contribution in [0.3, 0.4) is 0 Å². The van der Waals surface area contributed by atoms with Crippen molar-refractivity contribution in [2.75, 3.05) is 31.1 Å². The summed E-state index contributed by atoms with van der Waals surface area (Å²) in [6.07, 6.45) is 4.67. The summed E-state index contributed by atoms with van der Waals surface area (Å²) in [6, 6.07) is 3.59. The summed E-state index contributed by atoms with van der Waals surface area (Å²) in [7, 11) is 0. The fraction of sp³-hybridized carbons (Fsp3) is 0.647. The van der Waals surface area contributed by atoms with Gasteiger partial charge in [-0.15, -0.1) is 0 Å². The molecule has 1 atom stereocenters. The van der Waals surface area contributed by atoms with Gasteiger partial charge >= 0.3 is 0 Å². The number of nitrogens with zero attached hydrogens (tertiary/aromatic N) is 3. The van der Waals surface area contributed by atoms with Crippen LogP contribution in [0.5, 0.6) is 5.75 Å². The van der Waals surface area contributed by atoms with Crippen LogP contribution < -0.4 is 9.64 Å². The number of aliphatic hydroxyl groups excluding tert-OH is 1. The van der Waals surface area contributed by atoms with Crippen LogP contribution in [-0.4, -0.2) is 58.8 Å². The second-order valence-corrected chi connectivity index (χ2v) is 6.87. The lowest BCUT2D eigenvalue weighted by Crippen LogP contribution is -2.55. The molecule has 0 radical (unpaired) electrons. The van der Waals surface area contributed by atoms with Gasteiger partial charge in [-0.3, -0.25) is 9.69 Å². The molecule has 0 aliphatic carbocycles. The van der Waals surface area contributed by atoms with Crippen LogP contribution in [0.2, 0.25) is 0 Å². The van der Waals surface area contributed by atoms with E-state index in [4.69, 9.17) is 4.74 Å². The predicted octanol–water partition coefficient (Wildman–Crippen LogP) is 1.43. The van der Waals surface area contributed by atoms with Crippen molar-refractivity contribution in [2.45, 2.75) is 44.8 Å². The van der Waals surface area contributed by atoms with E-state index < -0.39 is 11.7 Å². The fourth-order valence-electron chi connectivity index (χ4n) is 3.28. The Bertz CT molecular complexity index is 570. The third-order valence-electron chi connectivity index (χ3n) is 4.44. The molecule has 0 aromatic carbocycles. The fourth-order valence-corrected chi connectivity index (χ4v) is 3.28. The molecule has 0 saturated carbocycles. The minimum absolute atomic E-state index is 0.165. The molecule has 0 bridgehead atoms. The first-order valence-electron chi connectivity index (χ1n) is 8.34. The monoisotopic (exact) mass is 319 g/mol. The van der Waals surface area contributed by atoms with Gasteiger partial charge in [-0.1, -0.05) is 6.42 Å². The highest BCUT2D eigenvalue weighted by Gasteiger charge is 2.42. The summed E-state index contributed by atoms with van der Waals surface area (Å²) >= 11 is 0. The van der Waals surface area contributed by atoms with E-state index in [1.807, 2.05) is 0 Å². The van der Waals surface area contributed by atoms with Crippen LogP contribution in [-0.2, 0) is 4.79 Å². The van der Waals surface area contributed by atoms with E-state index in [-0.39, 0.29) is 12.5 Å². The number of likely N-dealkylation sites (tertiary alicyclic amines) is 1. The van der Waals surface area contributed by atoms with Gasteiger partial charge in [-0.2, -0.15) is 0 Å². The van der Waals surface area contributed by atoms with Gasteiger partial charge in [0.1, 0.15) is 0 Å². The van der Waals surface area contributed by atoms with Crippen LogP contribution in [0, 0.1) is 0 Å². The minimum Gasteiger partial charge on any atom is -0.474 e. The van der Waals surface area contributed by atoms with Crippen molar-refractivity contribution in [1.82, 2.24) is 9.88 Å². The van der Waals surface area contributed by atoms with Gasteiger partial charge in [0, 0.05) is 12.7 Å². The van der Waals surface area contributed by atoms with E-state index in [0.29, 0.717) is 18.1 Å². The molecule has 1 amide bonds. The Hall–Kier alpha value is -1.66. The van der Waals surface area contributed by atoms with Crippen molar-refractivity contribution >= 4 is 11.7 Å². The second-order valence-electron chi connectivity index (χ2n) is 6.87. The summed E-state index contributed by atoms with van der Waals surface area (Å²) < 4.78 is 5.75. The van der Waals surface area contributed by atoms with Crippen LogP contribution in [0.4, 0.5) is 5.82 Å². The first-order valence-corrected chi connectivity index (χ1v) is 8.34. The highest BCUT2D eigenvalue weighted by atomic mass is 16.5. The average Bonchev–Trinajstić information content (AvgIpc) is 2.52. The number of pyridine rings is 1. The Morgan fingerprint density at radius 1 is 1.30 bits per heavy atom. The van der Waals surface area contributed by atoms with E-state index in [2.05, 4.69) is 9.88 Å². The van der Waals surface area contributed by atoms with E-state index >= 15 is 0 Å². The molecule has 1 aromatic heterocycles. The van der Waals surface area contributed by atoms with E-state index in [1.165, 1.54) is 19.3 Å². The van der Waals surface area contributed by atoms with Crippen LogP contribution in [0.1, 0.15) is 33.1 Å². The van der Waals surface area contributed by atoms with Crippen molar-refractivity contribution in [3.8, 4) is 5.75 Å². The Labute approximate surface area is 137 Å². The summed E-state index contributed by atoms with van der Waals surface area (Å²) in [5.74, 6) is 0.915. The van der Waals surface area contributed by atoms with Crippen LogP contribution in [0.25, 0.3) is 0 Å². The molecule has 126 valence electrons. The number of carbonyl (C=O) groups is 1. The standard InChI is InChI=1S/C17H25N3O3/c1-17(2)16(22)20(15-14(23-17)7-6-8-18-15)12-13(21)11-19-9-4-3-5-10-19/h6-8,13,21H,3-5,9-12H2,1-2H3. The zero-order valence-corrected chi connectivity index (χ0v) is 13.9. The SMILES string of the molecule is CC1(C)Oc2cccnc2N(CC(O)CN2CCCCC2)C1=O. The molecule has 1 N–H and O–H groups in total. The molecule has 2 aliphatic rings. The van der Waals surface area contributed by atoms with Crippen molar-refractivity contribution in [3.05, 3.63) is 18.3 Å². The third-order valence-corrected chi connectivity index (χ3v) is 4.44. The highest BCUT2D eigenvalue weighted by Crippen LogP contribution is 2.35. The van der Waals surface area contributed by atoms with Gasteiger partial charge in [-0.25, -0.2) is 4.98 Å². The summed E-state index contributed by atoms with van der Waals surface area (Å²) in [5.41, 5.74) is -0.944. The van der Waals surface area contributed by atoms with E-state index in [9.17, 15) is 9.90 Å². The third kappa shape index (κ3) is 3.48. The van der Waals surface area contributed by atoms with Gasteiger partial charge in [-0.05, 0) is 51.9 Å². The van der Waals surface area contributed by atoms with Crippen molar-refractivity contribution in [1.29, 1.82) is 0 Å². The number of carbonyl (C=O) groups excluding carboxylic acids is 1. The zero-order chi connectivity index (χ0) is 16.4. The number of aliphatic hydroxyl groups is 1. The Morgan fingerprint density at radius 3 is 2.78 bits per heavy atom. The number of ether oxygens (including phenoxy) is 1. The maximum absolute atomic E-state index is 12.7. The molecule has 3 rings (SSSR count). The van der Waals surface area contributed by atoms with Gasteiger partial charge < -0.3 is 14.7 Å². The maximum Gasteiger partial charge on any atom is 0.271 e. The van der Waals surface area contributed by atoms with E-state index in [0.717, 1.165) is 13.1 Å². The number of rotatable bonds is 4. The summed E-state index contributed by atoms with van der Waals surface area (Å²) in [4.78, 5) is 20.8. The molecule has 1 fully saturated rings. The molecule has 6 nitrogen and oxygen atoms in total. The molecule has 3 heterocycles. The van der Waals surface area contributed by atoms with Gasteiger partial charge in [0.2, 0.25) is 0 Å². The molecular weight excluding hydrogens is 294 g/mol. The topological polar surface area (TPSA) is 65.9 Å². The van der Waals surface area contributed by atoms with Gasteiger partial charge in [0.05, 0.1) is 12.6 Å². The molecule has 1 saturated heterocycles. The lowest BCUT2D eigenvalue weighted by Gasteiger charge is -2.39. The molecule has 2 aliphatic heterocycles. The van der Waals surface area contributed by atoms with Gasteiger partial charge in [0.15, 0.2) is 17.2 Å². The van der Waals surface area contributed by atoms with Crippen molar-refractivity contribution < 1.29 is 14.6 Å². The average molecular weight is 319 g/mol. The number of amides is 1. The minimum atomic E-state index is -0.944. The summed E-state index contributed by atoms with van der Waals surface area (Å²) in [6.45, 7) is 6.37. The quantitative estimate of drug-likeness (QED) is 0.909. The maximum atomic E-state index is 12.7. The molecule has 1 aromatic rings. The smallest absolute Gasteiger partial charge is 0.271 e. The number of β-amino-alcohol motifs (C(OH)–C–C–N with tert-alkyl or cyclic N) is 1. The zero-order valence-electron chi connectivity index (χ0n) is 13.9. The second kappa shape index (κ2) is 6.45. The molecule has 1 unspecified atom stereocenters. The number of hydrogen-bond donors (Lipinski definition) is 1. The number of hydrogen-bond acceptors (Lipinski definition) is 5. The van der Waals surface area contributed by atoms with Crippen LogP contribution >= 0.6 is 0 Å². The number of aromatic nitrogens is 1. The number of piperidine rings is 1. The first kappa shape index (κ1) is 16.2. The Morgan fingerprint density at radius 2 is 2.04 bits per heavy atom. The van der Waals surface area contributed by atoms with E-state index in [1.54, 1.807) is 37.1 Å². The first-order chi connectivity index (χ1) is 11.0. The van der Waals surface area contributed by atoms with Crippen molar-refractivity contribution in [3.63, 3.8) is 0 Å².